The van der Waals surface area contributed by atoms with Gasteiger partial charge < -0.3 is 9.47 Å². The van der Waals surface area contributed by atoms with Gasteiger partial charge >= 0.3 is 0 Å². The molecule has 142 valence electrons. The SMILES string of the molecule is CCC1(C)OCC(CC2CC(CC(C)(C)C)CC2CC(C)(C)C)O1. The number of ether oxygens (including phenoxy) is 2. The van der Waals surface area contributed by atoms with Crippen LogP contribution in [0.3, 0.4) is 0 Å². The van der Waals surface area contributed by atoms with E-state index in [9.17, 15) is 0 Å². The Morgan fingerprint density at radius 1 is 0.917 bits per heavy atom. The molecule has 1 aliphatic heterocycles. The van der Waals surface area contributed by atoms with Gasteiger partial charge in [0.05, 0.1) is 12.7 Å². The highest BCUT2D eigenvalue weighted by Crippen LogP contribution is 2.48. The van der Waals surface area contributed by atoms with E-state index in [-0.39, 0.29) is 5.79 Å². The van der Waals surface area contributed by atoms with Crippen molar-refractivity contribution >= 4 is 0 Å². The fourth-order valence-electron chi connectivity index (χ4n) is 5.02. The molecule has 0 aromatic heterocycles. The molecule has 0 radical (unpaired) electrons. The van der Waals surface area contributed by atoms with Gasteiger partial charge in [-0.1, -0.05) is 48.5 Å². The molecule has 0 N–H and O–H groups in total. The number of hydrogen-bond acceptors (Lipinski definition) is 2. The van der Waals surface area contributed by atoms with Gasteiger partial charge in [0.25, 0.3) is 0 Å². The van der Waals surface area contributed by atoms with Crippen molar-refractivity contribution in [1.82, 2.24) is 0 Å². The van der Waals surface area contributed by atoms with Crippen LogP contribution in [0.1, 0.15) is 93.9 Å². The summed E-state index contributed by atoms with van der Waals surface area (Å²) in [4.78, 5) is 0. The fourth-order valence-corrected chi connectivity index (χ4v) is 5.02. The Hall–Kier alpha value is -0.0800. The second-order valence-corrected chi connectivity index (χ2v) is 11.2. The van der Waals surface area contributed by atoms with Crippen LogP contribution in [0.2, 0.25) is 0 Å². The Morgan fingerprint density at radius 3 is 2.00 bits per heavy atom. The third-order valence-corrected chi connectivity index (χ3v) is 5.91. The summed E-state index contributed by atoms with van der Waals surface area (Å²) >= 11 is 0. The second kappa shape index (κ2) is 7.27. The third-order valence-electron chi connectivity index (χ3n) is 5.91. The molecule has 0 aromatic rings. The van der Waals surface area contributed by atoms with E-state index in [4.69, 9.17) is 9.47 Å². The Bertz CT molecular complexity index is 403. The molecule has 0 spiro atoms. The lowest BCUT2D eigenvalue weighted by molar-refractivity contribution is -0.157. The normalized spacial score (nSPS) is 38.0. The summed E-state index contributed by atoms with van der Waals surface area (Å²) in [6.45, 7) is 19.4. The minimum atomic E-state index is -0.340. The van der Waals surface area contributed by atoms with E-state index in [2.05, 4.69) is 55.4 Å². The first-order valence-electron chi connectivity index (χ1n) is 10.2. The molecule has 2 aliphatic rings. The van der Waals surface area contributed by atoms with Gasteiger partial charge in [-0.2, -0.15) is 0 Å². The van der Waals surface area contributed by atoms with Crippen molar-refractivity contribution in [1.29, 1.82) is 0 Å². The summed E-state index contributed by atoms with van der Waals surface area (Å²) in [6.07, 6.45) is 7.94. The van der Waals surface area contributed by atoms with Crippen LogP contribution in [0.25, 0.3) is 0 Å². The van der Waals surface area contributed by atoms with Crippen LogP contribution in [0.5, 0.6) is 0 Å². The molecule has 2 rings (SSSR count). The Balaban J connectivity index is 1.98. The molecule has 1 saturated carbocycles. The van der Waals surface area contributed by atoms with Gasteiger partial charge in [-0.15, -0.1) is 0 Å². The molecular formula is C22H42O2. The monoisotopic (exact) mass is 338 g/mol. The summed E-state index contributed by atoms with van der Waals surface area (Å²) in [7, 11) is 0. The van der Waals surface area contributed by atoms with Crippen molar-refractivity contribution < 1.29 is 9.47 Å². The van der Waals surface area contributed by atoms with Crippen LogP contribution in [0, 0.1) is 28.6 Å². The van der Waals surface area contributed by atoms with Crippen molar-refractivity contribution in [2.75, 3.05) is 6.61 Å². The third kappa shape index (κ3) is 6.02. The van der Waals surface area contributed by atoms with Crippen molar-refractivity contribution in [2.45, 2.75) is 106 Å². The Morgan fingerprint density at radius 2 is 1.50 bits per heavy atom. The van der Waals surface area contributed by atoms with Gasteiger partial charge in [-0.3, -0.25) is 0 Å². The van der Waals surface area contributed by atoms with Gasteiger partial charge in [0.15, 0.2) is 5.79 Å². The largest absolute Gasteiger partial charge is 0.348 e. The van der Waals surface area contributed by atoms with E-state index in [0.29, 0.717) is 16.9 Å². The quantitative estimate of drug-likeness (QED) is 0.575. The van der Waals surface area contributed by atoms with E-state index >= 15 is 0 Å². The maximum Gasteiger partial charge on any atom is 0.165 e. The lowest BCUT2D eigenvalue weighted by atomic mass is 9.78. The maximum atomic E-state index is 6.25. The van der Waals surface area contributed by atoms with Crippen LogP contribution >= 0.6 is 0 Å². The van der Waals surface area contributed by atoms with Crippen LogP contribution in [0.4, 0.5) is 0 Å². The molecule has 24 heavy (non-hydrogen) atoms. The smallest absolute Gasteiger partial charge is 0.165 e. The zero-order valence-electron chi connectivity index (χ0n) is 17.6. The Labute approximate surface area is 151 Å². The molecule has 0 amide bonds. The summed E-state index contributed by atoms with van der Waals surface area (Å²) < 4.78 is 12.2. The average Bonchev–Trinajstić information content (AvgIpc) is 2.91. The Kier molecular flexibility index (Phi) is 6.13. The van der Waals surface area contributed by atoms with Gasteiger partial charge in [-0.25, -0.2) is 0 Å². The lowest BCUT2D eigenvalue weighted by Gasteiger charge is -2.29. The predicted molar refractivity (Wildman–Crippen MR) is 102 cm³/mol. The molecule has 2 heteroatoms. The summed E-state index contributed by atoms with van der Waals surface area (Å²) in [5.74, 6) is 2.22. The molecular weight excluding hydrogens is 296 g/mol. The first-order chi connectivity index (χ1) is 10.9. The lowest BCUT2D eigenvalue weighted by Crippen LogP contribution is -2.27. The van der Waals surface area contributed by atoms with Gasteiger partial charge in [0, 0.05) is 0 Å². The molecule has 0 aromatic carbocycles. The van der Waals surface area contributed by atoms with E-state index in [1.165, 1.54) is 32.1 Å². The summed E-state index contributed by atoms with van der Waals surface area (Å²) in [5.41, 5.74) is 0.865. The second-order valence-electron chi connectivity index (χ2n) is 11.2. The number of rotatable bonds is 5. The summed E-state index contributed by atoms with van der Waals surface area (Å²) in [5, 5.41) is 0. The molecule has 1 heterocycles. The molecule has 0 bridgehead atoms. The van der Waals surface area contributed by atoms with Gasteiger partial charge in [0.1, 0.15) is 0 Å². The fraction of sp³-hybridized carbons (Fsp3) is 1.00. The zero-order valence-corrected chi connectivity index (χ0v) is 17.6. The topological polar surface area (TPSA) is 18.5 Å². The molecule has 2 fully saturated rings. The van der Waals surface area contributed by atoms with E-state index < -0.39 is 0 Å². The van der Waals surface area contributed by atoms with Crippen LogP contribution in [-0.2, 0) is 9.47 Å². The predicted octanol–water partition coefficient (Wildman–Crippen LogP) is 6.43. The van der Waals surface area contributed by atoms with Gasteiger partial charge in [0.2, 0.25) is 0 Å². The number of hydrogen-bond donors (Lipinski definition) is 0. The van der Waals surface area contributed by atoms with E-state index in [0.717, 1.165) is 30.8 Å². The highest BCUT2D eigenvalue weighted by molar-refractivity contribution is 4.90. The molecule has 1 aliphatic carbocycles. The van der Waals surface area contributed by atoms with E-state index in [1.807, 2.05) is 0 Å². The molecule has 5 unspecified atom stereocenters. The summed E-state index contributed by atoms with van der Waals surface area (Å²) in [6, 6.07) is 0. The van der Waals surface area contributed by atoms with Crippen LogP contribution < -0.4 is 0 Å². The molecule has 1 saturated heterocycles. The van der Waals surface area contributed by atoms with Crippen LogP contribution in [0.15, 0.2) is 0 Å². The first-order valence-corrected chi connectivity index (χ1v) is 10.2. The van der Waals surface area contributed by atoms with Gasteiger partial charge in [-0.05, 0) is 74.0 Å². The van der Waals surface area contributed by atoms with Crippen LogP contribution in [-0.4, -0.2) is 18.5 Å². The van der Waals surface area contributed by atoms with Crippen molar-refractivity contribution in [3.05, 3.63) is 0 Å². The van der Waals surface area contributed by atoms with E-state index in [1.54, 1.807) is 0 Å². The molecule has 5 atom stereocenters. The standard InChI is InChI=1S/C22H42O2/c1-9-22(8)23-15-19(24-22)12-17-10-16(13-20(2,3)4)11-18(17)14-21(5,6)7/h16-19H,9-15H2,1-8H3. The van der Waals surface area contributed by atoms with Crippen molar-refractivity contribution in [2.24, 2.45) is 28.6 Å². The van der Waals surface area contributed by atoms with Crippen molar-refractivity contribution in [3.63, 3.8) is 0 Å². The first kappa shape index (κ1) is 20.2. The maximum absolute atomic E-state index is 6.25. The highest BCUT2D eigenvalue weighted by Gasteiger charge is 2.42. The average molecular weight is 339 g/mol. The zero-order chi connectivity index (χ0) is 18.2. The molecule has 2 nitrogen and oxygen atoms in total. The minimum absolute atomic E-state index is 0.302. The van der Waals surface area contributed by atoms with Crippen molar-refractivity contribution in [3.8, 4) is 0 Å². The minimum Gasteiger partial charge on any atom is -0.348 e. The highest BCUT2D eigenvalue weighted by atomic mass is 16.7.